The first kappa shape index (κ1) is 20.6. The number of rotatable bonds is 7. The summed E-state index contributed by atoms with van der Waals surface area (Å²) in [6.45, 7) is 4.39. The van der Waals surface area contributed by atoms with E-state index in [0.717, 1.165) is 35.9 Å². The van der Waals surface area contributed by atoms with Crippen molar-refractivity contribution < 1.29 is 9.47 Å². The molecule has 3 aromatic rings. The molecule has 1 fully saturated rings. The van der Waals surface area contributed by atoms with Crippen LogP contribution in [0.25, 0.3) is 11.4 Å². The Labute approximate surface area is 182 Å². The summed E-state index contributed by atoms with van der Waals surface area (Å²) in [7, 11) is 3.64. The van der Waals surface area contributed by atoms with Gasteiger partial charge in [-0.05, 0) is 61.8 Å². The van der Waals surface area contributed by atoms with E-state index in [1.54, 1.807) is 7.11 Å². The van der Waals surface area contributed by atoms with Crippen molar-refractivity contribution >= 4 is 12.2 Å². The Morgan fingerprint density at radius 2 is 1.93 bits per heavy atom. The van der Waals surface area contributed by atoms with Gasteiger partial charge >= 0.3 is 0 Å². The number of likely N-dealkylation sites (tertiary alicyclic amines) is 1. The molecule has 1 aromatic heterocycles. The molecule has 7 heteroatoms. The molecule has 0 radical (unpaired) electrons. The molecule has 158 valence electrons. The normalized spacial score (nSPS) is 16.7. The topological polar surface area (TPSA) is 44.4 Å². The zero-order valence-corrected chi connectivity index (χ0v) is 18.6. The molecule has 0 bridgehead atoms. The van der Waals surface area contributed by atoms with Gasteiger partial charge in [0.1, 0.15) is 11.5 Å². The van der Waals surface area contributed by atoms with E-state index in [1.807, 2.05) is 47.5 Å². The van der Waals surface area contributed by atoms with E-state index >= 15 is 0 Å². The van der Waals surface area contributed by atoms with E-state index in [1.165, 1.54) is 12.0 Å². The minimum absolute atomic E-state index is 0.366. The lowest BCUT2D eigenvalue weighted by Gasteiger charge is -2.24. The highest BCUT2D eigenvalue weighted by molar-refractivity contribution is 7.71. The summed E-state index contributed by atoms with van der Waals surface area (Å²) < 4.78 is 15.5. The summed E-state index contributed by atoms with van der Waals surface area (Å²) in [6.07, 6.45) is 2.30. The Kier molecular flexibility index (Phi) is 6.20. The van der Waals surface area contributed by atoms with Gasteiger partial charge in [-0.2, -0.15) is 5.10 Å². The van der Waals surface area contributed by atoms with Gasteiger partial charge in [-0.1, -0.05) is 24.3 Å². The predicted molar refractivity (Wildman–Crippen MR) is 120 cm³/mol. The first-order valence-electron chi connectivity index (χ1n) is 10.4. The lowest BCUT2D eigenvalue weighted by molar-refractivity contribution is 0.190. The summed E-state index contributed by atoms with van der Waals surface area (Å²) in [5.41, 5.74) is 2.30. The summed E-state index contributed by atoms with van der Waals surface area (Å²) in [5.74, 6) is 2.57. The molecule has 0 aliphatic carbocycles. The molecule has 1 atom stereocenters. The zero-order valence-electron chi connectivity index (χ0n) is 17.7. The van der Waals surface area contributed by atoms with Gasteiger partial charge in [-0.25, -0.2) is 4.68 Å². The molecule has 0 unspecified atom stereocenters. The third-order valence-electron chi connectivity index (χ3n) is 5.62. The van der Waals surface area contributed by atoms with Crippen LogP contribution in [0.2, 0.25) is 0 Å². The van der Waals surface area contributed by atoms with Gasteiger partial charge in [0, 0.05) is 25.2 Å². The van der Waals surface area contributed by atoms with E-state index in [2.05, 4.69) is 29.2 Å². The number of hydrogen-bond donors (Lipinski definition) is 0. The molecule has 30 heavy (non-hydrogen) atoms. The van der Waals surface area contributed by atoms with Gasteiger partial charge in [0.2, 0.25) is 0 Å². The molecule has 0 saturated carbocycles. The van der Waals surface area contributed by atoms with Gasteiger partial charge in [-0.3, -0.25) is 4.90 Å². The monoisotopic (exact) mass is 424 g/mol. The third kappa shape index (κ3) is 4.13. The minimum Gasteiger partial charge on any atom is -0.497 e. The van der Waals surface area contributed by atoms with E-state index in [9.17, 15) is 0 Å². The lowest BCUT2D eigenvalue weighted by Crippen LogP contribution is -2.27. The quantitative estimate of drug-likeness (QED) is 0.509. The van der Waals surface area contributed by atoms with Crippen molar-refractivity contribution in [1.29, 1.82) is 0 Å². The fourth-order valence-electron chi connectivity index (χ4n) is 4.09. The summed E-state index contributed by atoms with van der Waals surface area (Å²) in [5, 5.41) is 4.84. The van der Waals surface area contributed by atoms with E-state index < -0.39 is 0 Å². The van der Waals surface area contributed by atoms with Crippen molar-refractivity contribution in [3.05, 3.63) is 58.9 Å². The standard InChI is InChI=1S/C23H28N4O2S/c1-4-29-19-12-10-17(11-13-19)21-9-6-14-26(21)16-27-23(30)25(2)22(24-27)18-7-5-8-20(15-18)28-3/h5,7-8,10-13,15,21H,4,6,9,14,16H2,1-3H3/t21-/m1/s1. The molecule has 2 heterocycles. The number of ether oxygens (including phenoxy) is 2. The Balaban J connectivity index is 1.57. The second-order valence-corrected chi connectivity index (χ2v) is 7.88. The summed E-state index contributed by atoms with van der Waals surface area (Å²) in [6, 6.07) is 16.7. The fourth-order valence-corrected chi connectivity index (χ4v) is 4.28. The number of nitrogens with zero attached hydrogens (tertiary/aromatic N) is 4. The molecule has 0 amide bonds. The van der Waals surface area contributed by atoms with Crippen molar-refractivity contribution in [3.63, 3.8) is 0 Å². The van der Waals surface area contributed by atoms with Gasteiger partial charge in [0.05, 0.1) is 20.4 Å². The van der Waals surface area contributed by atoms with Gasteiger partial charge in [-0.15, -0.1) is 0 Å². The predicted octanol–water partition coefficient (Wildman–Crippen LogP) is 4.82. The van der Waals surface area contributed by atoms with Crippen molar-refractivity contribution in [2.45, 2.75) is 32.5 Å². The summed E-state index contributed by atoms with van der Waals surface area (Å²) in [4.78, 5) is 2.45. The molecule has 1 aliphatic rings. The first-order valence-corrected chi connectivity index (χ1v) is 10.8. The Bertz CT molecular complexity index is 1060. The molecule has 0 N–H and O–H groups in total. The van der Waals surface area contributed by atoms with Crippen LogP contribution in [0, 0.1) is 4.77 Å². The zero-order chi connectivity index (χ0) is 21.1. The SMILES string of the molecule is CCOc1ccc([C@H]2CCCN2Cn2nc(-c3cccc(OC)c3)n(C)c2=S)cc1. The summed E-state index contributed by atoms with van der Waals surface area (Å²) >= 11 is 5.70. The largest absolute Gasteiger partial charge is 0.497 e. The first-order chi connectivity index (χ1) is 14.6. The number of hydrogen-bond acceptors (Lipinski definition) is 5. The highest BCUT2D eigenvalue weighted by atomic mass is 32.1. The van der Waals surface area contributed by atoms with Crippen LogP contribution < -0.4 is 9.47 Å². The maximum Gasteiger partial charge on any atom is 0.199 e. The lowest BCUT2D eigenvalue weighted by atomic mass is 10.0. The maximum atomic E-state index is 5.70. The van der Waals surface area contributed by atoms with E-state index in [4.69, 9.17) is 26.8 Å². The van der Waals surface area contributed by atoms with Crippen LogP contribution >= 0.6 is 12.2 Å². The van der Waals surface area contributed by atoms with Crippen molar-refractivity contribution in [3.8, 4) is 22.9 Å². The molecule has 6 nitrogen and oxygen atoms in total. The third-order valence-corrected chi connectivity index (χ3v) is 6.11. The van der Waals surface area contributed by atoms with Crippen molar-refractivity contribution in [1.82, 2.24) is 19.2 Å². The number of aromatic nitrogens is 3. The minimum atomic E-state index is 0.366. The molecular weight excluding hydrogens is 396 g/mol. The van der Waals surface area contributed by atoms with Crippen molar-refractivity contribution in [2.24, 2.45) is 7.05 Å². The van der Waals surface area contributed by atoms with Crippen LogP contribution in [0.15, 0.2) is 48.5 Å². The fraction of sp³-hybridized carbons (Fsp3) is 0.391. The Morgan fingerprint density at radius 3 is 2.67 bits per heavy atom. The van der Waals surface area contributed by atoms with Gasteiger partial charge in [0.15, 0.2) is 10.6 Å². The molecule has 1 aliphatic heterocycles. The van der Waals surface area contributed by atoms with Gasteiger partial charge in [0.25, 0.3) is 0 Å². The molecule has 2 aromatic carbocycles. The van der Waals surface area contributed by atoms with Crippen LogP contribution in [-0.2, 0) is 13.7 Å². The smallest absolute Gasteiger partial charge is 0.199 e. The second kappa shape index (κ2) is 9.02. The highest BCUT2D eigenvalue weighted by Crippen LogP contribution is 2.33. The molecule has 1 saturated heterocycles. The Hall–Kier alpha value is -2.64. The average Bonchev–Trinajstić information content (AvgIpc) is 3.35. The van der Waals surface area contributed by atoms with Crippen LogP contribution in [0.5, 0.6) is 11.5 Å². The van der Waals surface area contributed by atoms with E-state index in [0.29, 0.717) is 24.1 Å². The molecular formula is C23H28N4O2S. The van der Waals surface area contributed by atoms with Crippen LogP contribution in [-0.4, -0.2) is 39.5 Å². The Morgan fingerprint density at radius 1 is 1.13 bits per heavy atom. The number of benzene rings is 2. The van der Waals surface area contributed by atoms with Crippen LogP contribution in [0.3, 0.4) is 0 Å². The van der Waals surface area contributed by atoms with Crippen LogP contribution in [0.4, 0.5) is 0 Å². The molecule has 4 rings (SSSR count). The number of methoxy groups -OCH3 is 1. The van der Waals surface area contributed by atoms with Crippen molar-refractivity contribution in [2.75, 3.05) is 20.3 Å². The van der Waals surface area contributed by atoms with Gasteiger partial charge < -0.3 is 14.0 Å². The second-order valence-electron chi connectivity index (χ2n) is 7.51. The maximum absolute atomic E-state index is 5.70. The molecule has 0 spiro atoms. The average molecular weight is 425 g/mol. The van der Waals surface area contributed by atoms with Crippen LogP contribution in [0.1, 0.15) is 31.4 Å². The van der Waals surface area contributed by atoms with E-state index in [-0.39, 0.29) is 0 Å². The highest BCUT2D eigenvalue weighted by Gasteiger charge is 2.27.